The molecule has 0 bridgehead atoms. The van der Waals surface area contributed by atoms with Crippen molar-refractivity contribution >= 4 is 35.0 Å². The van der Waals surface area contributed by atoms with Gasteiger partial charge in [0.05, 0.1) is 12.2 Å². The number of carbonyl (C=O) groups is 4. The molecular formula is C28H35N3O9. The maximum Gasteiger partial charge on any atom is 0.407 e. The van der Waals surface area contributed by atoms with Crippen molar-refractivity contribution in [1.82, 2.24) is 5.32 Å². The molecule has 0 heterocycles. The number of aliphatic hydroxyl groups excluding tert-OH is 2. The Labute approximate surface area is 231 Å². The highest BCUT2D eigenvalue weighted by Crippen LogP contribution is 2.53. The Kier molecular flexibility index (Phi) is 7.84. The minimum absolute atomic E-state index is 0.0357. The number of anilines is 1. The third-order valence-electron chi connectivity index (χ3n) is 8.01. The lowest BCUT2D eigenvalue weighted by Crippen LogP contribution is -2.58. The summed E-state index contributed by atoms with van der Waals surface area (Å²) in [6.45, 7) is 2.15. The third kappa shape index (κ3) is 4.66. The van der Waals surface area contributed by atoms with E-state index in [1.54, 1.807) is 25.1 Å². The first kappa shape index (κ1) is 28.9. The number of ketones is 2. The Hall–Kier alpha value is -4.06. The number of nitrogens with two attached hydrogens (primary N) is 1. The SMILES string of the molecule is CCCCCOC(=O)NCc1cc(N(C)C)c2c(c1O)C(O)=C1C(=O)[C@]3(O)C(O)=C(C(N)=O)C(=O)CC3C[C@@H]1C2. The number of unbranched alkanes of at least 4 members (excludes halogenated alkanes) is 2. The highest BCUT2D eigenvalue weighted by molar-refractivity contribution is 6.22. The van der Waals surface area contributed by atoms with Crippen molar-refractivity contribution in [2.75, 3.05) is 25.6 Å². The number of carbonyl (C=O) groups excluding carboxylic acids is 4. The number of phenolic OH excluding ortho intramolecular Hbond substituents is 1. The van der Waals surface area contributed by atoms with Gasteiger partial charge in [-0.15, -0.1) is 0 Å². The highest BCUT2D eigenvalue weighted by atomic mass is 16.5. The van der Waals surface area contributed by atoms with E-state index in [-0.39, 0.29) is 54.9 Å². The number of hydrogen-bond donors (Lipinski definition) is 6. The first-order valence-electron chi connectivity index (χ1n) is 13.3. The second-order valence-electron chi connectivity index (χ2n) is 10.8. The van der Waals surface area contributed by atoms with Crippen molar-refractivity contribution in [3.8, 4) is 5.75 Å². The van der Waals surface area contributed by atoms with E-state index < -0.39 is 58.1 Å². The van der Waals surface area contributed by atoms with E-state index in [4.69, 9.17) is 10.5 Å². The average molecular weight is 558 g/mol. The Morgan fingerprint density at radius 2 is 1.88 bits per heavy atom. The Morgan fingerprint density at radius 1 is 1.18 bits per heavy atom. The molecule has 3 aliphatic rings. The lowest BCUT2D eigenvalue weighted by Gasteiger charge is -2.46. The van der Waals surface area contributed by atoms with Crippen LogP contribution in [0.1, 0.15) is 55.7 Å². The Morgan fingerprint density at radius 3 is 2.50 bits per heavy atom. The van der Waals surface area contributed by atoms with Crippen LogP contribution in [0.4, 0.5) is 10.5 Å². The summed E-state index contributed by atoms with van der Waals surface area (Å²) in [5, 5.41) is 47.3. The topological polar surface area (TPSA) is 200 Å². The number of hydrogen-bond acceptors (Lipinski definition) is 10. The zero-order chi connectivity index (χ0) is 29.5. The predicted molar refractivity (Wildman–Crippen MR) is 143 cm³/mol. The van der Waals surface area contributed by atoms with Gasteiger partial charge in [0.25, 0.3) is 5.91 Å². The van der Waals surface area contributed by atoms with Gasteiger partial charge in [0.15, 0.2) is 11.4 Å². The Bertz CT molecular complexity index is 1350. The van der Waals surface area contributed by atoms with E-state index in [0.29, 0.717) is 11.3 Å². The highest BCUT2D eigenvalue weighted by Gasteiger charge is 2.60. The number of amides is 2. The van der Waals surface area contributed by atoms with Gasteiger partial charge < -0.3 is 41.1 Å². The number of nitrogens with one attached hydrogen (secondary N) is 1. The number of benzene rings is 1. The van der Waals surface area contributed by atoms with Crippen LogP contribution >= 0.6 is 0 Å². The summed E-state index contributed by atoms with van der Waals surface area (Å²) >= 11 is 0. The van der Waals surface area contributed by atoms with Crippen LogP contribution in [0.25, 0.3) is 5.76 Å². The molecule has 4 rings (SSSR count). The maximum absolute atomic E-state index is 13.7. The molecule has 2 amide bonds. The van der Waals surface area contributed by atoms with Crippen molar-refractivity contribution in [3.63, 3.8) is 0 Å². The molecule has 1 aromatic rings. The molecule has 0 aromatic heterocycles. The number of aromatic hydroxyl groups is 1. The molecule has 1 saturated carbocycles. The quantitative estimate of drug-likeness (QED) is 0.203. The van der Waals surface area contributed by atoms with E-state index in [0.717, 1.165) is 19.3 Å². The number of aliphatic hydroxyl groups is 3. The molecule has 3 aliphatic carbocycles. The van der Waals surface area contributed by atoms with E-state index in [1.165, 1.54) is 0 Å². The zero-order valence-electron chi connectivity index (χ0n) is 22.7. The van der Waals surface area contributed by atoms with Crippen molar-refractivity contribution in [2.45, 2.75) is 57.6 Å². The lowest BCUT2D eigenvalue weighted by atomic mass is 9.59. The number of alkyl carbamates (subject to hydrolysis) is 1. The molecule has 216 valence electrons. The molecule has 1 unspecified atom stereocenters. The smallest absolute Gasteiger partial charge is 0.407 e. The van der Waals surface area contributed by atoms with Crippen LogP contribution in [-0.2, 0) is 32.1 Å². The number of rotatable bonds is 8. The van der Waals surface area contributed by atoms with E-state index in [1.807, 2.05) is 6.92 Å². The fourth-order valence-electron chi connectivity index (χ4n) is 5.99. The summed E-state index contributed by atoms with van der Waals surface area (Å²) in [6, 6.07) is 1.67. The molecule has 0 radical (unpaired) electrons. The molecule has 12 nitrogen and oxygen atoms in total. The van der Waals surface area contributed by atoms with Crippen LogP contribution in [-0.4, -0.2) is 70.3 Å². The van der Waals surface area contributed by atoms with Gasteiger partial charge in [-0.1, -0.05) is 19.8 Å². The fourth-order valence-corrected chi connectivity index (χ4v) is 5.99. The monoisotopic (exact) mass is 557 g/mol. The molecule has 3 atom stereocenters. The molecule has 12 heteroatoms. The van der Waals surface area contributed by atoms with Crippen molar-refractivity contribution in [1.29, 1.82) is 0 Å². The minimum Gasteiger partial charge on any atom is -0.508 e. The van der Waals surface area contributed by atoms with Crippen LogP contribution in [0.15, 0.2) is 23.0 Å². The van der Waals surface area contributed by atoms with Crippen molar-refractivity contribution in [2.24, 2.45) is 17.6 Å². The van der Waals surface area contributed by atoms with E-state index >= 15 is 0 Å². The number of ether oxygens (including phenoxy) is 1. The normalized spacial score (nSPS) is 23.8. The number of nitrogens with zero attached hydrogens (tertiary/aromatic N) is 1. The van der Waals surface area contributed by atoms with Crippen LogP contribution in [0, 0.1) is 11.8 Å². The second-order valence-corrected chi connectivity index (χ2v) is 10.8. The summed E-state index contributed by atoms with van der Waals surface area (Å²) in [5.41, 5.74) is 2.91. The average Bonchev–Trinajstić information content (AvgIpc) is 2.87. The number of primary amides is 1. The maximum atomic E-state index is 13.7. The molecule has 1 aromatic carbocycles. The summed E-state index contributed by atoms with van der Waals surface area (Å²) in [4.78, 5) is 51.9. The van der Waals surface area contributed by atoms with Crippen molar-refractivity contribution < 1.29 is 44.3 Å². The van der Waals surface area contributed by atoms with Gasteiger partial charge in [-0.25, -0.2) is 4.79 Å². The zero-order valence-corrected chi connectivity index (χ0v) is 22.7. The van der Waals surface area contributed by atoms with Gasteiger partial charge >= 0.3 is 6.09 Å². The van der Waals surface area contributed by atoms with Crippen LogP contribution < -0.4 is 16.0 Å². The van der Waals surface area contributed by atoms with E-state index in [2.05, 4.69) is 5.32 Å². The molecular weight excluding hydrogens is 522 g/mol. The van der Waals surface area contributed by atoms with Gasteiger partial charge in [-0.05, 0) is 36.8 Å². The van der Waals surface area contributed by atoms with Gasteiger partial charge in [0, 0.05) is 49.8 Å². The molecule has 40 heavy (non-hydrogen) atoms. The summed E-state index contributed by atoms with van der Waals surface area (Å²) in [5.74, 6) is -6.86. The predicted octanol–water partition coefficient (Wildman–Crippen LogP) is 1.91. The number of fused-ring (bicyclic) bond motifs is 3. The minimum atomic E-state index is -2.63. The molecule has 0 spiro atoms. The van der Waals surface area contributed by atoms with Gasteiger partial charge in [-0.3, -0.25) is 14.4 Å². The van der Waals surface area contributed by atoms with E-state index in [9.17, 15) is 39.6 Å². The molecule has 7 N–H and O–H groups in total. The second kappa shape index (κ2) is 10.8. The molecule has 0 aliphatic heterocycles. The third-order valence-corrected chi connectivity index (χ3v) is 8.01. The summed E-state index contributed by atoms with van der Waals surface area (Å²) in [7, 11) is 3.53. The van der Waals surface area contributed by atoms with Crippen LogP contribution in [0.3, 0.4) is 0 Å². The molecule has 1 fully saturated rings. The fraction of sp³-hybridized carbons (Fsp3) is 0.500. The summed E-state index contributed by atoms with van der Waals surface area (Å²) in [6.07, 6.45) is 1.80. The van der Waals surface area contributed by atoms with Gasteiger partial charge in [0.2, 0.25) is 5.78 Å². The lowest BCUT2D eigenvalue weighted by molar-refractivity contribution is -0.147. The largest absolute Gasteiger partial charge is 0.508 e. The van der Waals surface area contributed by atoms with Crippen LogP contribution in [0.2, 0.25) is 0 Å². The van der Waals surface area contributed by atoms with Crippen molar-refractivity contribution in [3.05, 3.63) is 39.7 Å². The van der Waals surface area contributed by atoms with Gasteiger partial charge in [-0.2, -0.15) is 0 Å². The number of Topliss-reactive ketones (excluding diaryl/α,β-unsaturated/α-hetero) is 2. The molecule has 0 saturated heterocycles. The first-order chi connectivity index (χ1) is 18.8. The van der Waals surface area contributed by atoms with Gasteiger partial charge in [0.1, 0.15) is 22.8 Å². The number of phenols is 1. The Balaban J connectivity index is 1.75. The summed E-state index contributed by atoms with van der Waals surface area (Å²) < 4.78 is 5.15. The van der Waals surface area contributed by atoms with Crippen LogP contribution in [0.5, 0.6) is 5.75 Å². The first-order valence-corrected chi connectivity index (χ1v) is 13.3. The standard InChI is InChI=1S/C28H35N3O9/c1-4-5-6-7-40-27(38)30-12-14-10-17(31(2)3)16-9-13-8-15-11-18(32)21(26(29)37)25(36)28(15,39)24(35)19(13)23(34)20(16)22(14)33/h10,13,15,33-34,36,39H,4-9,11-12H2,1-3H3,(H2,29,37)(H,30,38)/t13-,15?,28+/m1/s1.